The van der Waals surface area contributed by atoms with Gasteiger partial charge in [0.2, 0.25) is 0 Å². The first-order valence-electron chi connectivity index (χ1n) is 4.24. The lowest BCUT2D eigenvalue weighted by Gasteiger charge is -1.99. The van der Waals surface area contributed by atoms with E-state index in [0.29, 0.717) is 11.3 Å². The third-order valence-electron chi connectivity index (χ3n) is 1.78. The van der Waals surface area contributed by atoms with Crippen molar-refractivity contribution < 1.29 is 4.79 Å². The molecule has 0 saturated carbocycles. The average molecular weight is 267 g/mol. The van der Waals surface area contributed by atoms with Gasteiger partial charge in [0, 0.05) is 15.6 Å². The minimum Gasteiger partial charge on any atom is -0.275 e. The van der Waals surface area contributed by atoms with Crippen LogP contribution in [0.5, 0.6) is 0 Å². The molecule has 0 heterocycles. The Balaban J connectivity index is 3.22. The zero-order valence-corrected chi connectivity index (χ0v) is 9.77. The summed E-state index contributed by atoms with van der Waals surface area (Å²) in [5, 5.41) is 11.4. The molecule has 0 N–H and O–H groups in total. The average Bonchev–Trinajstić information content (AvgIpc) is 2.28. The number of carbonyl (C=O) groups is 1. The number of benzene rings is 1. The van der Waals surface area contributed by atoms with E-state index in [1.165, 1.54) is 24.3 Å². The van der Waals surface area contributed by atoms with Crippen molar-refractivity contribution in [3.63, 3.8) is 0 Å². The number of rotatable bonds is 3. The molecular formula is C10H4Cl2N4O. The van der Waals surface area contributed by atoms with Crippen molar-refractivity contribution in [2.75, 3.05) is 0 Å². The highest BCUT2D eigenvalue weighted by molar-refractivity contribution is 6.68. The first kappa shape index (κ1) is 13.1. The Morgan fingerprint density at radius 1 is 1.59 bits per heavy atom. The second-order valence-electron chi connectivity index (χ2n) is 2.84. The molecular weight excluding hydrogens is 263 g/mol. The van der Waals surface area contributed by atoms with Crippen LogP contribution in [0.3, 0.4) is 0 Å². The van der Waals surface area contributed by atoms with E-state index in [0.717, 1.165) is 0 Å². The van der Waals surface area contributed by atoms with Gasteiger partial charge in [0.1, 0.15) is 11.6 Å². The summed E-state index contributed by atoms with van der Waals surface area (Å²) in [5.74, 6) is 0. The summed E-state index contributed by atoms with van der Waals surface area (Å²) in [7, 11) is 0. The molecule has 0 bridgehead atoms. The molecule has 0 aliphatic carbocycles. The van der Waals surface area contributed by atoms with Crippen LogP contribution < -0.4 is 0 Å². The van der Waals surface area contributed by atoms with Crippen molar-refractivity contribution in [3.05, 3.63) is 44.8 Å². The van der Waals surface area contributed by atoms with E-state index >= 15 is 0 Å². The van der Waals surface area contributed by atoms with Crippen LogP contribution in [0.4, 0.5) is 5.69 Å². The number of hydrogen-bond donors (Lipinski definition) is 0. The number of nitriles is 1. The van der Waals surface area contributed by atoms with E-state index < -0.39 is 5.24 Å². The Hall–Kier alpha value is -1.99. The molecule has 17 heavy (non-hydrogen) atoms. The van der Waals surface area contributed by atoms with Gasteiger partial charge in [0.05, 0.1) is 0 Å². The van der Waals surface area contributed by atoms with Gasteiger partial charge in [-0.05, 0) is 34.8 Å². The van der Waals surface area contributed by atoms with Gasteiger partial charge in [-0.15, -0.1) is 0 Å². The molecule has 0 radical (unpaired) electrons. The highest BCUT2D eigenvalue weighted by Gasteiger charge is 2.06. The molecule has 1 aromatic rings. The van der Waals surface area contributed by atoms with Crippen LogP contribution in [0.25, 0.3) is 16.5 Å². The third-order valence-corrected chi connectivity index (χ3v) is 2.31. The summed E-state index contributed by atoms with van der Waals surface area (Å²) in [6.45, 7) is 0. The molecule has 1 aromatic carbocycles. The second kappa shape index (κ2) is 5.92. The zero-order valence-electron chi connectivity index (χ0n) is 8.26. The number of hydrogen-bond acceptors (Lipinski definition) is 3. The lowest BCUT2D eigenvalue weighted by molar-refractivity contribution is -0.108. The van der Waals surface area contributed by atoms with Gasteiger partial charge in [-0.3, -0.25) is 4.79 Å². The fraction of sp³-hybridized carbons (Fsp3) is 0. The lowest BCUT2D eigenvalue weighted by Crippen LogP contribution is -1.89. The van der Waals surface area contributed by atoms with Crippen LogP contribution in [0.2, 0.25) is 5.02 Å². The van der Waals surface area contributed by atoms with Crippen LogP contribution in [0.15, 0.2) is 28.9 Å². The quantitative estimate of drug-likeness (QED) is 0.207. The number of carbonyl (C=O) groups excluding carboxylic acids is 1. The minimum atomic E-state index is -0.859. The molecule has 0 aliphatic heterocycles. The van der Waals surface area contributed by atoms with Crippen molar-refractivity contribution in [3.8, 4) is 6.07 Å². The Bertz CT molecular complexity index is 582. The Kier molecular flexibility index (Phi) is 4.56. The minimum absolute atomic E-state index is 0.217. The normalized spacial score (nSPS) is 10.3. The van der Waals surface area contributed by atoms with Crippen molar-refractivity contribution >= 4 is 40.2 Å². The summed E-state index contributed by atoms with van der Waals surface area (Å²) >= 11 is 11.1. The fourth-order valence-corrected chi connectivity index (χ4v) is 1.36. The van der Waals surface area contributed by atoms with E-state index in [9.17, 15) is 4.79 Å². The van der Waals surface area contributed by atoms with Gasteiger partial charge in [-0.25, -0.2) is 0 Å². The van der Waals surface area contributed by atoms with Crippen molar-refractivity contribution in [2.45, 2.75) is 0 Å². The van der Waals surface area contributed by atoms with Crippen molar-refractivity contribution in [2.24, 2.45) is 5.11 Å². The number of azide groups is 1. The van der Waals surface area contributed by atoms with E-state index in [-0.39, 0.29) is 10.6 Å². The molecule has 0 atom stereocenters. The second-order valence-corrected chi connectivity index (χ2v) is 3.59. The smallest absolute Gasteiger partial charge is 0.262 e. The predicted molar refractivity (Wildman–Crippen MR) is 64.7 cm³/mol. The number of nitrogens with zero attached hydrogens (tertiary/aromatic N) is 4. The van der Waals surface area contributed by atoms with E-state index in [1.54, 1.807) is 6.07 Å². The Labute approximate surface area is 106 Å². The summed E-state index contributed by atoms with van der Waals surface area (Å²) in [6, 6.07) is 6.10. The number of allylic oxidation sites excluding steroid dienone is 1. The van der Waals surface area contributed by atoms with Crippen molar-refractivity contribution in [1.29, 1.82) is 5.26 Å². The molecule has 0 unspecified atom stereocenters. The molecule has 5 nitrogen and oxygen atoms in total. The Morgan fingerprint density at radius 3 is 2.76 bits per heavy atom. The third kappa shape index (κ3) is 3.51. The van der Waals surface area contributed by atoms with Gasteiger partial charge in [-0.1, -0.05) is 28.8 Å². The van der Waals surface area contributed by atoms with Gasteiger partial charge in [-0.2, -0.15) is 5.26 Å². The first-order chi connectivity index (χ1) is 8.08. The summed E-state index contributed by atoms with van der Waals surface area (Å²) in [4.78, 5) is 13.4. The maximum atomic E-state index is 10.8. The largest absolute Gasteiger partial charge is 0.275 e. The van der Waals surface area contributed by atoms with E-state index in [4.69, 9.17) is 34.0 Å². The molecule has 0 fully saturated rings. The first-order valence-corrected chi connectivity index (χ1v) is 5.00. The zero-order chi connectivity index (χ0) is 12.8. The lowest BCUT2D eigenvalue weighted by atomic mass is 10.1. The van der Waals surface area contributed by atoms with Gasteiger partial charge < -0.3 is 0 Å². The Morgan fingerprint density at radius 2 is 2.29 bits per heavy atom. The molecule has 0 aromatic heterocycles. The SMILES string of the molecule is N#CC(=Cc1ccc(N=[N+]=[N-])cc1Cl)C(=O)Cl. The van der Waals surface area contributed by atoms with Crippen molar-refractivity contribution in [1.82, 2.24) is 0 Å². The maximum absolute atomic E-state index is 10.8. The van der Waals surface area contributed by atoms with Crippen LogP contribution in [0.1, 0.15) is 5.56 Å². The van der Waals surface area contributed by atoms with E-state index in [2.05, 4.69) is 10.0 Å². The monoisotopic (exact) mass is 266 g/mol. The van der Waals surface area contributed by atoms with Crippen LogP contribution in [-0.2, 0) is 4.79 Å². The standard InChI is InChI=1S/C10H4Cl2N4O/c11-9-4-8(15-16-14)2-1-6(9)3-7(5-13)10(12)17/h1-4H. The molecule has 1 rings (SSSR count). The van der Waals surface area contributed by atoms with Crippen LogP contribution >= 0.6 is 23.2 Å². The van der Waals surface area contributed by atoms with E-state index in [1.807, 2.05) is 0 Å². The summed E-state index contributed by atoms with van der Waals surface area (Å²) < 4.78 is 0. The summed E-state index contributed by atoms with van der Waals surface area (Å²) in [6.07, 6.45) is 1.26. The molecule has 0 amide bonds. The van der Waals surface area contributed by atoms with Crippen LogP contribution in [0, 0.1) is 11.3 Å². The molecule has 0 saturated heterocycles. The number of halogens is 2. The topological polar surface area (TPSA) is 89.6 Å². The predicted octanol–water partition coefficient (Wildman–Crippen LogP) is 3.95. The molecule has 0 spiro atoms. The van der Waals surface area contributed by atoms with Gasteiger partial charge in [0.15, 0.2) is 0 Å². The van der Waals surface area contributed by atoms with Gasteiger partial charge >= 0.3 is 0 Å². The highest BCUT2D eigenvalue weighted by atomic mass is 35.5. The molecule has 7 heteroatoms. The summed E-state index contributed by atoms with van der Waals surface area (Å²) in [5.41, 5.74) is 8.79. The molecule has 0 aliphatic rings. The highest BCUT2D eigenvalue weighted by Crippen LogP contribution is 2.25. The van der Waals surface area contributed by atoms with Crippen LogP contribution in [-0.4, -0.2) is 5.24 Å². The fourth-order valence-electron chi connectivity index (χ4n) is 1.04. The maximum Gasteiger partial charge on any atom is 0.262 e. The molecule has 84 valence electrons. The van der Waals surface area contributed by atoms with Gasteiger partial charge in [0.25, 0.3) is 5.24 Å².